The molecule has 0 saturated heterocycles. The molecule has 1 aliphatic carbocycles. The third-order valence-corrected chi connectivity index (χ3v) is 6.87. The van der Waals surface area contributed by atoms with Gasteiger partial charge in [-0.2, -0.15) is 0 Å². The predicted molar refractivity (Wildman–Crippen MR) is 129 cm³/mol. The number of carbonyl (C=O) groups is 1. The lowest BCUT2D eigenvalue weighted by atomic mass is 9.92. The minimum atomic E-state index is -0.769. The van der Waals surface area contributed by atoms with E-state index in [-0.39, 0.29) is 11.3 Å². The number of aliphatic hydroxyl groups excluding tert-OH is 1. The van der Waals surface area contributed by atoms with Crippen LogP contribution in [-0.4, -0.2) is 42.3 Å². The van der Waals surface area contributed by atoms with E-state index in [1.165, 1.54) is 49.9 Å². The van der Waals surface area contributed by atoms with Crippen LogP contribution in [-0.2, 0) is 0 Å². The molecule has 1 amide bonds. The van der Waals surface area contributed by atoms with Gasteiger partial charge in [-0.1, -0.05) is 30.7 Å². The number of benzene rings is 2. The third kappa shape index (κ3) is 6.47. The number of phenols is 1. The van der Waals surface area contributed by atoms with Gasteiger partial charge in [-0.3, -0.25) is 4.79 Å². The van der Waals surface area contributed by atoms with E-state index in [1.807, 2.05) is 0 Å². The van der Waals surface area contributed by atoms with Gasteiger partial charge in [-0.15, -0.1) is 0 Å². The molecule has 3 rings (SSSR count). The summed E-state index contributed by atoms with van der Waals surface area (Å²) in [5.41, 5.74) is 7.17. The van der Waals surface area contributed by atoms with Crippen LogP contribution in [0.2, 0.25) is 0 Å². The van der Waals surface area contributed by atoms with Crippen molar-refractivity contribution in [1.29, 1.82) is 0 Å². The number of rotatable bonds is 9. The lowest BCUT2D eigenvalue weighted by molar-refractivity contribution is 0.0997. The van der Waals surface area contributed by atoms with Crippen LogP contribution in [0.3, 0.4) is 0 Å². The normalized spacial score (nSPS) is 20.8. The second-order valence-corrected chi connectivity index (χ2v) is 9.20. The number of hydrogen-bond acceptors (Lipinski definition) is 5. The van der Waals surface area contributed by atoms with Crippen LogP contribution < -0.4 is 16.0 Å². The first kappa shape index (κ1) is 24.1. The maximum Gasteiger partial charge on any atom is 0.252 e. The summed E-state index contributed by atoms with van der Waals surface area (Å²) in [6, 6.07) is 15.3. The Morgan fingerprint density at radius 1 is 1.16 bits per heavy atom. The van der Waals surface area contributed by atoms with E-state index in [9.17, 15) is 15.0 Å². The molecule has 2 aromatic rings. The first-order valence-corrected chi connectivity index (χ1v) is 11.7. The number of primary amides is 1. The summed E-state index contributed by atoms with van der Waals surface area (Å²) < 4.78 is 0. The standard InChI is InChI=1S/C26H37N3O3/c1-18(28-16-25(31)21-13-14-24(30)23(15-21)26(27)32)20-8-6-7-19(11-12-20)17-29(2)22-9-4-3-5-10-22/h3-5,9-10,13-15,18-20,25,28,30-31H,6-8,11-12,16-17H2,1-2H3,(H2,27,32)/t18?,19-,20-,25?/m0/s1. The van der Waals surface area contributed by atoms with Crippen molar-refractivity contribution in [2.45, 2.75) is 51.2 Å². The molecule has 1 saturated carbocycles. The van der Waals surface area contributed by atoms with Crippen LogP contribution in [0, 0.1) is 11.8 Å². The first-order chi connectivity index (χ1) is 15.3. The molecule has 6 heteroatoms. The molecule has 0 bridgehead atoms. The molecule has 4 atom stereocenters. The first-order valence-electron chi connectivity index (χ1n) is 11.7. The lowest BCUT2D eigenvalue weighted by Gasteiger charge is -2.26. The van der Waals surface area contributed by atoms with Crippen molar-refractivity contribution in [3.63, 3.8) is 0 Å². The van der Waals surface area contributed by atoms with Crippen molar-refractivity contribution in [2.24, 2.45) is 17.6 Å². The van der Waals surface area contributed by atoms with E-state index in [0.29, 0.717) is 30.0 Å². The highest BCUT2D eigenvalue weighted by atomic mass is 16.3. The van der Waals surface area contributed by atoms with Crippen molar-refractivity contribution in [3.8, 4) is 5.75 Å². The Bertz CT molecular complexity index is 874. The number of nitrogens with two attached hydrogens (primary N) is 1. The number of aliphatic hydroxyl groups is 1. The topological polar surface area (TPSA) is 98.8 Å². The van der Waals surface area contributed by atoms with Crippen LogP contribution >= 0.6 is 0 Å². The molecule has 32 heavy (non-hydrogen) atoms. The molecule has 2 unspecified atom stereocenters. The molecular formula is C26H37N3O3. The number of nitrogens with zero attached hydrogens (tertiary/aromatic N) is 1. The zero-order valence-corrected chi connectivity index (χ0v) is 19.2. The summed E-state index contributed by atoms with van der Waals surface area (Å²) >= 11 is 0. The summed E-state index contributed by atoms with van der Waals surface area (Å²) in [6.45, 7) is 3.67. The fourth-order valence-corrected chi connectivity index (χ4v) is 4.81. The molecule has 0 heterocycles. The molecule has 6 nitrogen and oxygen atoms in total. The highest BCUT2D eigenvalue weighted by molar-refractivity contribution is 5.95. The van der Waals surface area contributed by atoms with E-state index in [1.54, 1.807) is 6.07 Å². The van der Waals surface area contributed by atoms with Gasteiger partial charge in [0.2, 0.25) is 0 Å². The van der Waals surface area contributed by atoms with E-state index in [0.717, 1.165) is 6.54 Å². The van der Waals surface area contributed by atoms with Gasteiger partial charge in [-0.05, 0) is 74.3 Å². The van der Waals surface area contributed by atoms with Crippen molar-refractivity contribution < 1.29 is 15.0 Å². The summed E-state index contributed by atoms with van der Waals surface area (Å²) in [7, 11) is 2.18. The minimum Gasteiger partial charge on any atom is -0.507 e. The maximum absolute atomic E-state index is 11.4. The monoisotopic (exact) mass is 439 g/mol. The number of para-hydroxylation sites is 1. The molecule has 2 aromatic carbocycles. The molecule has 0 aliphatic heterocycles. The van der Waals surface area contributed by atoms with E-state index >= 15 is 0 Å². The minimum absolute atomic E-state index is 0.0323. The number of aromatic hydroxyl groups is 1. The largest absolute Gasteiger partial charge is 0.507 e. The van der Waals surface area contributed by atoms with Crippen LogP contribution in [0.15, 0.2) is 48.5 Å². The van der Waals surface area contributed by atoms with Gasteiger partial charge >= 0.3 is 0 Å². The Hall–Kier alpha value is -2.57. The SMILES string of the molecule is CC(NCC(O)c1ccc(O)c(C(N)=O)c1)[C@H]1CCC[C@H](CN(C)c2ccccc2)CC1. The average Bonchev–Trinajstić information content (AvgIpc) is 3.03. The van der Waals surface area contributed by atoms with Crippen molar-refractivity contribution in [2.75, 3.05) is 25.0 Å². The molecule has 5 N–H and O–H groups in total. The van der Waals surface area contributed by atoms with Gasteiger partial charge in [0, 0.05) is 31.9 Å². The van der Waals surface area contributed by atoms with E-state index in [4.69, 9.17) is 5.73 Å². The zero-order chi connectivity index (χ0) is 23.1. The Kier molecular flexibility index (Phi) is 8.53. The molecule has 1 fully saturated rings. The number of anilines is 1. The predicted octanol–water partition coefficient (Wildman–Crippen LogP) is 3.84. The summed E-state index contributed by atoms with van der Waals surface area (Å²) in [4.78, 5) is 13.8. The number of carbonyl (C=O) groups excluding carboxylic acids is 1. The lowest BCUT2D eigenvalue weighted by Crippen LogP contribution is -2.36. The van der Waals surface area contributed by atoms with Gasteiger partial charge in [0.25, 0.3) is 5.91 Å². The summed E-state index contributed by atoms with van der Waals surface area (Å²) in [5, 5.41) is 23.8. The van der Waals surface area contributed by atoms with Crippen LogP contribution in [0.25, 0.3) is 0 Å². The van der Waals surface area contributed by atoms with Crippen molar-refractivity contribution in [1.82, 2.24) is 5.32 Å². The van der Waals surface area contributed by atoms with Crippen LogP contribution in [0.1, 0.15) is 61.1 Å². The van der Waals surface area contributed by atoms with Gasteiger partial charge in [-0.25, -0.2) is 0 Å². The number of hydrogen-bond donors (Lipinski definition) is 4. The van der Waals surface area contributed by atoms with Gasteiger partial charge in [0.1, 0.15) is 5.75 Å². The maximum atomic E-state index is 11.4. The van der Waals surface area contributed by atoms with Gasteiger partial charge < -0.3 is 26.2 Å². The van der Waals surface area contributed by atoms with Crippen LogP contribution in [0.5, 0.6) is 5.75 Å². The Balaban J connectivity index is 1.48. The Morgan fingerprint density at radius 3 is 2.62 bits per heavy atom. The van der Waals surface area contributed by atoms with Crippen molar-refractivity contribution >= 4 is 11.6 Å². The molecule has 0 radical (unpaired) electrons. The molecule has 0 aromatic heterocycles. The fraction of sp³-hybridized carbons (Fsp3) is 0.500. The van der Waals surface area contributed by atoms with E-state index < -0.39 is 12.0 Å². The Morgan fingerprint density at radius 2 is 1.91 bits per heavy atom. The highest BCUT2D eigenvalue weighted by Gasteiger charge is 2.24. The quantitative estimate of drug-likeness (QED) is 0.445. The smallest absolute Gasteiger partial charge is 0.252 e. The highest BCUT2D eigenvalue weighted by Crippen LogP contribution is 2.31. The molecular weight excluding hydrogens is 402 g/mol. The second-order valence-electron chi connectivity index (χ2n) is 9.20. The zero-order valence-electron chi connectivity index (χ0n) is 19.2. The summed E-state index contributed by atoms with van der Waals surface area (Å²) in [6.07, 6.45) is 5.31. The van der Waals surface area contributed by atoms with Crippen LogP contribution in [0.4, 0.5) is 5.69 Å². The number of amides is 1. The molecule has 0 spiro atoms. The van der Waals surface area contributed by atoms with Gasteiger partial charge in [0.15, 0.2) is 0 Å². The van der Waals surface area contributed by atoms with Crippen molar-refractivity contribution in [3.05, 3.63) is 59.7 Å². The second kappa shape index (κ2) is 11.3. The molecule has 1 aliphatic rings. The fourth-order valence-electron chi connectivity index (χ4n) is 4.81. The van der Waals surface area contributed by atoms with Gasteiger partial charge in [0.05, 0.1) is 11.7 Å². The number of nitrogens with one attached hydrogen (secondary N) is 1. The molecule has 174 valence electrons. The average molecular weight is 440 g/mol. The third-order valence-electron chi connectivity index (χ3n) is 6.87. The van der Waals surface area contributed by atoms with E-state index in [2.05, 4.69) is 54.5 Å². The summed E-state index contributed by atoms with van der Waals surface area (Å²) in [5.74, 6) is 0.409. The Labute approximate surface area is 191 Å².